The maximum atomic E-state index is 15.4. The second kappa shape index (κ2) is 15.2. The van der Waals surface area contributed by atoms with E-state index in [-0.39, 0.29) is 49.3 Å². The lowest BCUT2D eigenvalue weighted by molar-refractivity contribution is -0.150. The first-order valence-electron chi connectivity index (χ1n) is 13.1. The van der Waals surface area contributed by atoms with Crippen LogP contribution in [0.2, 0.25) is 0 Å². The van der Waals surface area contributed by atoms with E-state index in [0.717, 1.165) is 19.5 Å². The summed E-state index contributed by atoms with van der Waals surface area (Å²) in [5.74, 6) is 0.0731. The first-order valence-corrected chi connectivity index (χ1v) is 13.1. The summed E-state index contributed by atoms with van der Waals surface area (Å²) in [7, 11) is 3.62. The normalized spacial score (nSPS) is 14.6. The Morgan fingerprint density at radius 1 is 1.02 bits per heavy atom. The summed E-state index contributed by atoms with van der Waals surface area (Å²) in [5, 5.41) is -0.0621. The molecule has 4 rings (SSSR count). The molecule has 11 heteroatoms. The van der Waals surface area contributed by atoms with Gasteiger partial charge in [0.05, 0.1) is 31.2 Å². The summed E-state index contributed by atoms with van der Waals surface area (Å²) in [6, 6.07) is 9.25. The molecular weight excluding hydrogens is 560 g/mol. The molecule has 0 N–H and O–H groups in total. The number of carbonyl (C=O) groups excluding carboxylic acids is 1. The molecule has 0 radical (unpaired) electrons. The third-order valence-corrected chi connectivity index (χ3v) is 6.90. The van der Waals surface area contributed by atoms with E-state index in [1.54, 1.807) is 55.1 Å². The summed E-state index contributed by atoms with van der Waals surface area (Å²) >= 11 is 0. The van der Waals surface area contributed by atoms with Gasteiger partial charge >= 0.3 is 5.97 Å². The van der Waals surface area contributed by atoms with Crippen molar-refractivity contribution in [2.75, 3.05) is 53.6 Å². The van der Waals surface area contributed by atoms with Gasteiger partial charge < -0.3 is 23.7 Å². The van der Waals surface area contributed by atoms with Gasteiger partial charge in [0.1, 0.15) is 23.4 Å². The number of methoxy groups -OCH3 is 1. The van der Waals surface area contributed by atoms with E-state index in [4.69, 9.17) is 14.2 Å². The molecule has 1 unspecified atom stereocenters. The first-order chi connectivity index (χ1) is 18.4. The average Bonchev–Trinajstić information content (AvgIpc) is 2.93. The van der Waals surface area contributed by atoms with Gasteiger partial charge in [-0.2, -0.15) is 0 Å². The molecule has 0 spiro atoms. The molecule has 1 aliphatic rings. The van der Waals surface area contributed by atoms with E-state index in [1.807, 2.05) is 14.0 Å². The van der Waals surface area contributed by atoms with Crippen molar-refractivity contribution in [3.63, 3.8) is 0 Å². The van der Waals surface area contributed by atoms with Crippen molar-refractivity contribution < 1.29 is 23.4 Å². The fourth-order valence-corrected chi connectivity index (χ4v) is 4.81. The number of piperazine rings is 1. The molecule has 220 valence electrons. The third kappa shape index (κ3) is 7.26. The van der Waals surface area contributed by atoms with E-state index < -0.39 is 17.3 Å². The van der Waals surface area contributed by atoms with Crippen molar-refractivity contribution in [2.45, 2.75) is 32.9 Å². The van der Waals surface area contributed by atoms with E-state index in [2.05, 4.69) is 9.80 Å². The smallest absolute Gasteiger partial charge is 0.325 e. The molecule has 3 aromatic rings. The first kappa shape index (κ1) is 33.4. The lowest BCUT2D eigenvalue weighted by atomic mass is 10.0. The van der Waals surface area contributed by atoms with Gasteiger partial charge in [0.2, 0.25) is 0 Å². The van der Waals surface area contributed by atoms with Gasteiger partial charge in [-0.05, 0) is 50.2 Å². The molecule has 8 nitrogen and oxygen atoms in total. The van der Waals surface area contributed by atoms with Gasteiger partial charge in [-0.3, -0.25) is 14.5 Å². The van der Waals surface area contributed by atoms with Crippen molar-refractivity contribution in [3.05, 3.63) is 58.6 Å². The number of likely N-dealkylation sites (N-methyl/N-ethyl adjacent to an activating group) is 1. The maximum Gasteiger partial charge on any atom is 0.325 e. The Bertz CT molecular complexity index is 1330. The van der Waals surface area contributed by atoms with Crippen molar-refractivity contribution >= 4 is 41.7 Å². The van der Waals surface area contributed by atoms with Crippen molar-refractivity contribution in [1.29, 1.82) is 0 Å². The van der Waals surface area contributed by atoms with Crippen LogP contribution in [0.4, 0.5) is 4.39 Å². The van der Waals surface area contributed by atoms with Gasteiger partial charge in [0.25, 0.3) is 0 Å². The minimum absolute atomic E-state index is 0. The zero-order chi connectivity index (χ0) is 27.2. The number of halogens is 3. The van der Waals surface area contributed by atoms with Crippen LogP contribution in [-0.2, 0) is 16.1 Å². The van der Waals surface area contributed by atoms with Gasteiger partial charge in [0, 0.05) is 44.5 Å². The number of pyridine rings is 1. The average molecular weight is 599 g/mol. The molecule has 1 saturated heterocycles. The van der Waals surface area contributed by atoms with Crippen LogP contribution in [-0.4, -0.2) is 79.9 Å². The number of rotatable bonds is 10. The highest BCUT2D eigenvalue weighted by molar-refractivity contribution is 5.89. The van der Waals surface area contributed by atoms with Crippen molar-refractivity contribution in [2.24, 2.45) is 0 Å². The Kier molecular flexibility index (Phi) is 12.7. The molecule has 1 aromatic heterocycles. The summed E-state index contributed by atoms with van der Waals surface area (Å²) in [4.78, 5) is 31.2. The van der Waals surface area contributed by atoms with Crippen molar-refractivity contribution in [3.8, 4) is 22.6 Å². The van der Waals surface area contributed by atoms with Crippen LogP contribution in [0.25, 0.3) is 22.0 Å². The highest BCUT2D eigenvalue weighted by Gasteiger charge is 2.31. The Morgan fingerprint density at radius 2 is 1.70 bits per heavy atom. The number of esters is 1. The van der Waals surface area contributed by atoms with E-state index in [0.29, 0.717) is 47.8 Å². The molecular formula is C29H38Cl2FN3O5. The number of aromatic nitrogens is 1. The highest BCUT2D eigenvalue weighted by atomic mass is 35.5. The quantitative estimate of drug-likeness (QED) is 0.315. The topological polar surface area (TPSA) is 73.2 Å². The Labute approximate surface area is 246 Å². The summed E-state index contributed by atoms with van der Waals surface area (Å²) in [5.41, 5.74) is 0.850. The SMILES string of the molecule is CCCOc1ccc(F)c2c(=O)c(-c3ccc(OC)cc3)cn(CC(C(=O)OCC)N3CCN(C)CC3)c12.Cl.Cl. The van der Waals surface area contributed by atoms with Crippen molar-refractivity contribution in [1.82, 2.24) is 14.4 Å². The Balaban J connectivity index is 0.00000280. The Morgan fingerprint density at radius 3 is 2.30 bits per heavy atom. The molecule has 1 aliphatic heterocycles. The number of fused-ring (bicyclic) bond motifs is 1. The zero-order valence-electron chi connectivity index (χ0n) is 23.4. The minimum atomic E-state index is -0.634. The minimum Gasteiger partial charge on any atom is -0.497 e. The second-order valence-corrected chi connectivity index (χ2v) is 9.48. The van der Waals surface area contributed by atoms with Crippen LogP contribution < -0.4 is 14.9 Å². The molecule has 1 atom stereocenters. The summed E-state index contributed by atoms with van der Waals surface area (Å²) in [6.45, 7) is 7.61. The van der Waals surface area contributed by atoms with Crippen LogP contribution in [0, 0.1) is 5.82 Å². The lowest BCUT2D eigenvalue weighted by Crippen LogP contribution is -2.53. The molecule has 0 saturated carbocycles. The largest absolute Gasteiger partial charge is 0.497 e. The summed E-state index contributed by atoms with van der Waals surface area (Å²) < 4.78 is 33.8. The van der Waals surface area contributed by atoms with Gasteiger partial charge in [-0.15, -0.1) is 24.8 Å². The van der Waals surface area contributed by atoms with Crippen LogP contribution >= 0.6 is 24.8 Å². The predicted molar refractivity (Wildman–Crippen MR) is 160 cm³/mol. The molecule has 2 heterocycles. The Hall–Kier alpha value is -2.85. The number of nitrogens with zero attached hydrogens (tertiary/aromatic N) is 3. The second-order valence-electron chi connectivity index (χ2n) is 9.48. The molecule has 40 heavy (non-hydrogen) atoms. The van der Waals surface area contributed by atoms with E-state index in [1.165, 1.54) is 6.07 Å². The van der Waals surface area contributed by atoms with Gasteiger partial charge in [-0.25, -0.2) is 4.39 Å². The molecule has 0 bridgehead atoms. The molecule has 2 aromatic carbocycles. The summed E-state index contributed by atoms with van der Waals surface area (Å²) in [6.07, 6.45) is 2.45. The maximum absolute atomic E-state index is 15.4. The fourth-order valence-electron chi connectivity index (χ4n) is 4.81. The predicted octanol–water partition coefficient (Wildman–Crippen LogP) is 4.63. The molecule has 0 amide bonds. The lowest BCUT2D eigenvalue weighted by Gasteiger charge is -2.37. The van der Waals surface area contributed by atoms with Gasteiger partial charge in [0.15, 0.2) is 5.43 Å². The van der Waals surface area contributed by atoms with Gasteiger partial charge in [-0.1, -0.05) is 19.1 Å². The van der Waals surface area contributed by atoms with Crippen LogP contribution in [0.15, 0.2) is 47.4 Å². The fraction of sp³-hybridized carbons (Fsp3) is 0.448. The number of carbonyl (C=O) groups is 1. The van der Waals surface area contributed by atoms with Crippen LogP contribution in [0.3, 0.4) is 0 Å². The third-order valence-electron chi connectivity index (χ3n) is 6.90. The number of hydrogen-bond donors (Lipinski definition) is 0. The molecule has 1 fully saturated rings. The monoisotopic (exact) mass is 597 g/mol. The highest BCUT2D eigenvalue weighted by Crippen LogP contribution is 2.30. The van der Waals surface area contributed by atoms with E-state index in [9.17, 15) is 9.59 Å². The zero-order valence-corrected chi connectivity index (χ0v) is 25.0. The number of benzene rings is 2. The standard InChI is InChI=1S/C29H36FN3O5.2ClH/c1-5-17-38-25-12-11-23(30)26-27(25)33(18-22(28(26)34)20-7-9-21(36-4)10-8-20)19-24(29(35)37-6-2)32-15-13-31(3)14-16-32;;/h7-12,18,24H,5-6,13-17,19H2,1-4H3;2*1H. The number of ether oxygens (including phenoxy) is 3. The van der Waals surface area contributed by atoms with Crippen LogP contribution in [0.5, 0.6) is 11.5 Å². The van der Waals surface area contributed by atoms with Crippen LogP contribution in [0.1, 0.15) is 20.3 Å². The molecule has 0 aliphatic carbocycles. The number of hydrogen-bond acceptors (Lipinski definition) is 7. The van der Waals surface area contributed by atoms with E-state index >= 15 is 4.39 Å².